The Hall–Kier alpha value is -1.07. The third-order valence-corrected chi connectivity index (χ3v) is 4.10. The van der Waals surface area contributed by atoms with Crippen molar-refractivity contribution in [3.05, 3.63) is 23.9 Å². The molecular weight excluding hydrogens is 262 g/mol. The Morgan fingerprint density at radius 2 is 2.28 bits per heavy atom. The summed E-state index contributed by atoms with van der Waals surface area (Å²) in [5.41, 5.74) is 7.56. The van der Waals surface area contributed by atoms with E-state index in [2.05, 4.69) is 36.2 Å². The topological polar surface area (TPSA) is 54.7 Å². The number of thiocarbonyl (C=S) groups is 1. The van der Waals surface area contributed by atoms with Gasteiger partial charge in [-0.3, -0.25) is 5.10 Å². The fraction of sp³-hybridized carbons (Fsp3) is 0.385. The van der Waals surface area contributed by atoms with Gasteiger partial charge in [-0.15, -0.1) is 11.8 Å². The number of nitrogens with two attached hydrogens (primary N) is 1. The summed E-state index contributed by atoms with van der Waals surface area (Å²) in [5.74, 6) is 1.81. The van der Waals surface area contributed by atoms with Crippen molar-refractivity contribution in [1.29, 1.82) is 0 Å². The molecule has 0 aliphatic heterocycles. The van der Waals surface area contributed by atoms with Gasteiger partial charge in [-0.1, -0.05) is 26.1 Å². The molecule has 0 aliphatic rings. The van der Waals surface area contributed by atoms with Crippen molar-refractivity contribution in [2.75, 3.05) is 5.75 Å². The summed E-state index contributed by atoms with van der Waals surface area (Å²) in [5, 5.41) is 8.39. The minimum atomic E-state index is 0.487. The van der Waals surface area contributed by atoms with Gasteiger partial charge in [0.25, 0.3) is 0 Å². The molecule has 0 unspecified atom stereocenters. The Balaban J connectivity index is 2.27. The van der Waals surface area contributed by atoms with Gasteiger partial charge in [0.15, 0.2) is 0 Å². The van der Waals surface area contributed by atoms with Crippen LogP contribution in [0.25, 0.3) is 10.9 Å². The lowest BCUT2D eigenvalue weighted by Gasteiger charge is -2.04. The lowest BCUT2D eigenvalue weighted by atomic mass is 10.2. The Morgan fingerprint density at radius 3 is 2.94 bits per heavy atom. The Labute approximate surface area is 117 Å². The Morgan fingerprint density at radius 1 is 1.50 bits per heavy atom. The first kappa shape index (κ1) is 13.4. The molecule has 1 aromatic heterocycles. The van der Waals surface area contributed by atoms with E-state index >= 15 is 0 Å². The van der Waals surface area contributed by atoms with Crippen LogP contribution in [0.5, 0.6) is 0 Å². The second-order valence-corrected chi connectivity index (χ2v) is 6.35. The van der Waals surface area contributed by atoms with Crippen molar-refractivity contribution in [2.45, 2.75) is 25.2 Å². The molecule has 18 heavy (non-hydrogen) atoms. The Kier molecular flexibility index (Phi) is 4.24. The van der Waals surface area contributed by atoms with Crippen LogP contribution < -0.4 is 5.73 Å². The first-order valence-electron chi connectivity index (χ1n) is 5.94. The molecule has 1 aromatic carbocycles. The highest BCUT2D eigenvalue weighted by atomic mass is 32.2. The van der Waals surface area contributed by atoms with Crippen LogP contribution >= 0.6 is 24.0 Å². The van der Waals surface area contributed by atoms with Crippen LogP contribution in [0.4, 0.5) is 0 Å². The molecule has 0 saturated carbocycles. The minimum absolute atomic E-state index is 0.487. The van der Waals surface area contributed by atoms with E-state index in [0.717, 1.165) is 22.3 Å². The molecule has 3 nitrogen and oxygen atoms in total. The molecular formula is C13H17N3S2. The summed E-state index contributed by atoms with van der Waals surface area (Å²) in [6, 6.07) is 6.32. The van der Waals surface area contributed by atoms with Gasteiger partial charge < -0.3 is 5.73 Å². The first-order valence-corrected chi connectivity index (χ1v) is 7.33. The second kappa shape index (κ2) is 5.71. The summed E-state index contributed by atoms with van der Waals surface area (Å²) in [6.07, 6.45) is 0.574. The van der Waals surface area contributed by atoms with Gasteiger partial charge in [0, 0.05) is 28.1 Å². The van der Waals surface area contributed by atoms with Gasteiger partial charge in [-0.25, -0.2) is 0 Å². The van der Waals surface area contributed by atoms with E-state index in [-0.39, 0.29) is 0 Å². The van der Waals surface area contributed by atoms with Gasteiger partial charge >= 0.3 is 0 Å². The quantitative estimate of drug-likeness (QED) is 0.652. The number of nitrogens with one attached hydrogen (secondary N) is 1. The molecule has 0 aliphatic carbocycles. The molecule has 0 spiro atoms. The predicted octanol–water partition coefficient (Wildman–Crippen LogP) is 3.14. The number of aromatic amines is 1. The number of thioether (sulfide) groups is 1. The van der Waals surface area contributed by atoms with Crippen LogP contribution in [0.1, 0.15) is 19.5 Å². The molecule has 0 amide bonds. The fourth-order valence-corrected chi connectivity index (χ4v) is 2.74. The van der Waals surface area contributed by atoms with E-state index in [1.54, 1.807) is 0 Å². The predicted molar refractivity (Wildman–Crippen MR) is 82.1 cm³/mol. The number of H-pyrrole nitrogens is 1. The van der Waals surface area contributed by atoms with Crippen molar-refractivity contribution in [1.82, 2.24) is 10.2 Å². The van der Waals surface area contributed by atoms with Crippen molar-refractivity contribution in [3.63, 3.8) is 0 Å². The molecule has 1 heterocycles. The summed E-state index contributed by atoms with van der Waals surface area (Å²) in [6.45, 7) is 4.45. The molecule has 96 valence electrons. The van der Waals surface area contributed by atoms with Crippen molar-refractivity contribution >= 4 is 39.9 Å². The van der Waals surface area contributed by atoms with Crippen molar-refractivity contribution in [2.24, 2.45) is 11.7 Å². The van der Waals surface area contributed by atoms with Crippen LogP contribution in [0.15, 0.2) is 23.1 Å². The average molecular weight is 279 g/mol. The van der Waals surface area contributed by atoms with Crippen LogP contribution in [-0.4, -0.2) is 20.9 Å². The highest BCUT2D eigenvalue weighted by molar-refractivity contribution is 7.99. The molecule has 0 atom stereocenters. The number of aromatic nitrogens is 2. The SMILES string of the molecule is CC(C)CSc1ccc2n[nH]c(CC(N)=S)c2c1. The molecule has 5 heteroatoms. The fourth-order valence-electron chi connectivity index (χ4n) is 1.70. The van der Waals surface area contributed by atoms with Crippen molar-refractivity contribution < 1.29 is 0 Å². The smallest absolute Gasteiger partial charge is 0.0924 e. The average Bonchev–Trinajstić information content (AvgIpc) is 2.68. The van der Waals surface area contributed by atoms with Crippen LogP contribution in [0, 0.1) is 5.92 Å². The number of rotatable bonds is 5. The Bertz CT molecular complexity index is 560. The van der Waals surface area contributed by atoms with E-state index in [9.17, 15) is 0 Å². The lowest BCUT2D eigenvalue weighted by Crippen LogP contribution is -2.11. The summed E-state index contributed by atoms with van der Waals surface area (Å²) >= 11 is 6.82. The normalized spacial score (nSPS) is 11.3. The van der Waals surface area contributed by atoms with Crippen LogP contribution in [-0.2, 0) is 6.42 Å². The van der Waals surface area contributed by atoms with E-state index in [0.29, 0.717) is 17.3 Å². The largest absolute Gasteiger partial charge is 0.393 e. The maximum atomic E-state index is 5.59. The van der Waals surface area contributed by atoms with Gasteiger partial charge in [-0.05, 0) is 24.1 Å². The molecule has 3 N–H and O–H groups in total. The summed E-state index contributed by atoms with van der Waals surface area (Å²) < 4.78 is 0. The minimum Gasteiger partial charge on any atom is -0.393 e. The van der Waals surface area contributed by atoms with Crippen LogP contribution in [0.2, 0.25) is 0 Å². The van der Waals surface area contributed by atoms with Gasteiger partial charge in [-0.2, -0.15) is 5.10 Å². The third-order valence-electron chi connectivity index (χ3n) is 2.54. The summed E-state index contributed by atoms with van der Waals surface area (Å²) in [7, 11) is 0. The maximum absolute atomic E-state index is 5.59. The van der Waals surface area contributed by atoms with Crippen molar-refractivity contribution in [3.8, 4) is 0 Å². The number of hydrogen-bond acceptors (Lipinski definition) is 3. The summed E-state index contributed by atoms with van der Waals surface area (Å²) in [4.78, 5) is 1.75. The lowest BCUT2D eigenvalue weighted by molar-refractivity contribution is 0.750. The zero-order valence-electron chi connectivity index (χ0n) is 10.6. The molecule has 2 rings (SSSR count). The molecule has 2 aromatic rings. The zero-order chi connectivity index (χ0) is 13.1. The zero-order valence-corrected chi connectivity index (χ0v) is 12.2. The van der Waals surface area contributed by atoms with Gasteiger partial charge in [0.2, 0.25) is 0 Å². The van der Waals surface area contributed by atoms with Gasteiger partial charge in [0.1, 0.15) is 0 Å². The highest BCUT2D eigenvalue weighted by Gasteiger charge is 2.07. The highest BCUT2D eigenvalue weighted by Crippen LogP contribution is 2.26. The van der Waals surface area contributed by atoms with E-state index in [4.69, 9.17) is 18.0 Å². The van der Waals surface area contributed by atoms with E-state index < -0.39 is 0 Å². The first-order chi connectivity index (χ1) is 8.56. The standard InChI is InChI=1S/C13H17N3S2/c1-8(2)7-18-9-3-4-11-10(5-9)12(16-15-11)6-13(14)17/h3-5,8H,6-7H2,1-2H3,(H2,14,17)(H,15,16). The number of hydrogen-bond donors (Lipinski definition) is 2. The van der Waals surface area contributed by atoms with E-state index in [1.807, 2.05) is 17.8 Å². The number of nitrogens with zero attached hydrogens (tertiary/aromatic N) is 1. The number of benzene rings is 1. The van der Waals surface area contributed by atoms with Crippen LogP contribution in [0.3, 0.4) is 0 Å². The molecule has 0 saturated heterocycles. The van der Waals surface area contributed by atoms with E-state index in [1.165, 1.54) is 4.90 Å². The molecule has 0 radical (unpaired) electrons. The number of fused-ring (bicyclic) bond motifs is 1. The molecule has 0 fully saturated rings. The monoisotopic (exact) mass is 279 g/mol. The second-order valence-electron chi connectivity index (χ2n) is 4.73. The molecule has 0 bridgehead atoms. The third kappa shape index (κ3) is 3.23. The van der Waals surface area contributed by atoms with Gasteiger partial charge in [0.05, 0.1) is 10.5 Å². The maximum Gasteiger partial charge on any atom is 0.0924 e.